The van der Waals surface area contributed by atoms with Crippen LogP contribution in [0.2, 0.25) is 0 Å². The maximum absolute atomic E-state index is 14.2. The maximum atomic E-state index is 14.2. The third-order valence-electron chi connectivity index (χ3n) is 7.11. The normalized spacial score (nSPS) is 22.0. The van der Waals surface area contributed by atoms with Gasteiger partial charge in [-0.1, -0.05) is 24.5 Å². The second-order valence-corrected chi connectivity index (χ2v) is 9.66. The summed E-state index contributed by atoms with van der Waals surface area (Å²) in [5.74, 6) is 0.343. The predicted octanol–water partition coefficient (Wildman–Crippen LogP) is 5.45. The molecule has 1 amide bonds. The van der Waals surface area contributed by atoms with Crippen LogP contribution >= 0.6 is 0 Å². The minimum atomic E-state index is -0.622. The van der Waals surface area contributed by atoms with Crippen LogP contribution in [0.3, 0.4) is 0 Å². The number of carbonyl (C=O) groups excluding carboxylic acids is 1. The molecule has 1 saturated carbocycles. The number of ether oxygens (including phenoxy) is 2. The molecule has 0 unspecified atom stereocenters. The van der Waals surface area contributed by atoms with E-state index in [0.29, 0.717) is 47.7 Å². The number of halogens is 2. The highest BCUT2D eigenvalue weighted by Gasteiger charge is 2.36. The van der Waals surface area contributed by atoms with Crippen molar-refractivity contribution in [2.24, 2.45) is 5.92 Å². The highest BCUT2D eigenvalue weighted by Crippen LogP contribution is 2.34. The maximum Gasteiger partial charge on any atom is 0.254 e. The molecule has 2 aliphatic rings. The van der Waals surface area contributed by atoms with Crippen LogP contribution in [0.15, 0.2) is 42.0 Å². The van der Waals surface area contributed by atoms with Crippen molar-refractivity contribution >= 4 is 12.0 Å². The Bertz CT molecular complexity index is 1070. The molecule has 0 bridgehead atoms. The number of methoxy groups -OCH3 is 2. The Morgan fingerprint density at radius 2 is 1.86 bits per heavy atom. The first-order valence-electron chi connectivity index (χ1n) is 12.3. The highest BCUT2D eigenvalue weighted by molar-refractivity contribution is 5.95. The fourth-order valence-corrected chi connectivity index (χ4v) is 5.44. The van der Waals surface area contributed by atoms with E-state index in [4.69, 9.17) is 9.47 Å². The number of hydrogen-bond donors (Lipinski definition) is 1. The minimum Gasteiger partial charge on any atom is -0.493 e. The van der Waals surface area contributed by atoms with Crippen LogP contribution in [0.5, 0.6) is 11.5 Å². The van der Waals surface area contributed by atoms with Crippen LogP contribution in [0, 0.1) is 17.6 Å². The van der Waals surface area contributed by atoms with Crippen molar-refractivity contribution in [2.45, 2.75) is 51.1 Å². The molecule has 1 heterocycles. The van der Waals surface area contributed by atoms with Crippen LogP contribution in [0.1, 0.15) is 54.9 Å². The summed E-state index contributed by atoms with van der Waals surface area (Å²) in [6.07, 6.45) is 7.67. The van der Waals surface area contributed by atoms with Gasteiger partial charge in [0.2, 0.25) is 0 Å². The average molecular weight is 485 g/mol. The Balaban J connectivity index is 1.57. The van der Waals surface area contributed by atoms with E-state index in [1.54, 1.807) is 31.4 Å². The molecule has 5 nitrogen and oxygen atoms in total. The van der Waals surface area contributed by atoms with Crippen molar-refractivity contribution < 1.29 is 23.0 Å². The van der Waals surface area contributed by atoms with Crippen molar-refractivity contribution in [1.29, 1.82) is 0 Å². The SMILES string of the molecule is COc1ccc(C(=O)N(CC(C)=Cc2ccc(F)cc2F)C[C@@H]2C[C@@H]3CCCC[C@@H]3N2)cc1OC. The molecule has 2 fully saturated rings. The molecule has 2 aromatic carbocycles. The molecule has 188 valence electrons. The van der Waals surface area contributed by atoms with Crippen LogP contribution in [-0.4, -0.2) is 50.2 Å². The molecule has 1 aliphatic carbocycles. The lowest BCUT2D eigenvalue weighted by atomic mass is 9.85. The van der Waals surface area contributed by atoms with E-state index in [9.17, 15) is 13.6 Å². The van der Waals surface area contributed by atoms with Crippen LogP contribution < -0.4 is 14.8 Å². The standard InChI is InChI=1S/C28H34F2N2O3/c1-18(12-19-8-10-22(29)15-24(19)30)16-32(17-23-13-20-6-4-5-7-25(20)31-23)28(33)21-9-11-26(34-2)27(14-21)35-3/h8-12,14-15,20,23,25,31H,4-7,13,16-17H2,1-3H3/t20-,23-,25-/m0/s1. The summed E-state index contributed by atoms with van der Waals surface area (Å²) in [7, 11) is 3.10. The van der Waals surface area contributed by atoms with Crippen molar-refractivity contribution in [3.8, 4) is 11.5 Å². The first-order chi connectivity index (χ1) is 16.9. The largest absolute Gasteiger partial charge is 0.493 e. The second kappa shape index (κ2) is 11.2. The number of nitrogens with zero attached hydrogens (tertiary/aromatic N) is 1. The predicted molar refractivity (Wildman–Crippen MR) is 133 cm³/mol. The molecule has 35 heavy (non-hydrogen) atoms. The molecule has 7 heteroatoms. The summed E-state index contributed by atoms with van der Waals surface area (Å²) in [6.45, 7) is 2.74. The Hall–Kier alpha value is -2.93. The lowest BCUT2D eigenvalue weighted by Gasteiger charge is -2.27. The third-order valence-corrected chi connectivity index (χ3v) is 7.11. The van der Waals surface area contributed by atoms with Crippen molar-refractivity contribution in [1.82, 2.24) is 10.2 Å². The van der Waals surface area contributed by atoms with E-state index >= 15 is 0 Å². The quantitative estimate of drug-likeness (QED) is 0.542. The summed E-state index contributed by atoms with van der Waals surface area (Å²) in [5.41, 5.74) is 1.60. The average Bonchev–Trinajstić information content (AvgIpc) is 3.27. The Labute approximate surface area is 206 Å². The van der Waals surface area contributed by atoms with Gasteiger partial charge in [-0.15, -0.1) is 0 Å². The second-order valence-electron chi connectivity index (χ2n) is 9.66. The molecule has 0 aromatic heterocycles. The summed E-state index contributed by atoms with van der Waals surface area (Å²) in [4.78, 5) is 15.5. The van der Waals surface area contributed by atoms with Gasteiger partial charge >= 0.3 is 0 Å². The summed E-state index contributed by atoms with van der Waals surface area (Å²) < 4.78 is 38.2. The number of fused-ring (bicyclic) bond motifs is 1. The monoisotopic (exact) mass is 484 g/mol. The van der Waals surface area contributed by atoms with Gasteiger partial charge in [0, 0.05) is 42.4 Å². The first kappa shape index (κ1) is 25.2. The molecule has 4 rings (SSSR count). The van der Waals surface area contributed by atoms with E-state index in [0.717, 1.165) is 18.1 Å². The zero-order chi connectivity index (χ0) is 24.9. The van der Waals surface area contributed by atoms with Gasteiger partial charge < -0.3 is 19.7 Å². The Morgan fingerprint density at radius 3 is 2.57 bits per heavy atom. The lowest BCUT2D eigenvalue weighted by Crippen LogP contribution is -2.43. The molecule has 0 spiro atoms. The molecule has 1 saturated heterocycles. The Morgan fingerprint density at radius 1 is 1.09 bits per heavy atom. The molecular formula is C28H34F2N2O3. The number of nitrogens with one attached hydrogen (secondary N) is 1. The molecule has 1 aliphatic heterocycles. The molecule has 2 aromatic rings. The van der Waals surface area contributed by atoms with E-state index in [1.807, 2.05) is 11.8 Å². The number of carbonyl (C=O) groups is 1. The Kier molecular flexibility index (Phi) is 8.06. The topological polar surface area (TPSA) is 50.8 Å². The smallest absolute Gasteiger partial charge is 0.254 e. The van der Waals surface area contributed by atoms with Crippen LogP contribution in [0.25, 0.3) is 6.08 Å². The van der Waals surface area contributed by atoms with Crippen LogP contribution in [0.4, 0.5) is 8.78 Å². The van der Waals surface area contributed by atoms with Crippen LogP contribution in [-0.2, 0) is 0 Å². The van der Waals surface area contributed by atoms with E-state index in [2.05, 4.69) is 5.32 Å². The summed E-state index contributed by atoms with van der Waals surface area (Å²) in [5, 5.41) is 3.75. The van der Waals surface area contributed by atoms with Gasteiger partial charge in [0.25, 0.3) is 5.91 Å². The van der Waals surface area contributed by atoms with Gasteiger partial charge in [-0.25, -0.2) is 8.78 Å². The van der Waals surface area contributed by atoms with Gasteiger partial charge in [0.1, 0.15) is 11.6 Å². The summed E-state index contributed by atoms with van der Waals surface area (Å²) in [6, 6.07) is 9.40. The minimum absolute atomic E-state index is 0.130. The fraction of sp³-hybridized carbons (Fsp3) is 0.464. The van der Waals surface area contributed by atoms with Gasteiger partial charge in [0.15, 0.2) is 11.5 Å². The summed E-state index contributed by atoms with van der Waals surface area (Å²) >= 11 is 0. The zero-order valence-corrected chi connectivity index (χ0v) is 20.7. The van der Waals surface area contributed by atoms with Gasteiger partial charge in [-0.2, -0.15) is 0 Å². The molecule has 0 radical (unpaired) electrons. The molecular weight excluding hydrogens is 450 g/mol. The van der Waals surface area contributed by atoms with Gasteiger partial charge in [-0.05, 0) is 62.4 Å². The van der Waals surface area contributed by atoms with Gasteiger partial charge in [0.05, 0.1) is 14.2 Å². The van der Waals surface area contributed by atoms with Crippen molar-refractivity contribution in [3.05, 3.63) is 64.7 Å². The number of benzene rings is 2. The van der Waals surface area contributed by atoms with Gasteiger partial charge in [-0.3, -0.25) is 4.79 Å². The molecule has 3 atom stereocenters. The lowest BCUT2D eigenvalue weighted by molar-refractivity contribution is 0.0755. The number of amides is 1. The van der Waals surface area contributed by atoms with E-state index in [1.165, 1.54) is 44.9 Å². The highest BCUT2D eigenvalue weighted by atomic mass is 19.1. The third kappa shape index (κ3) is 6.01. The van der Waals surface area contributed by atoms with Crippen molar-refractivity contribution in [3.63, 3.8) is 0 Å². The number of hydrogen-bond acceptors (Lipinski definition) is 4. The van der Waals surface area contributed by atoms with Crippen molar-refractivity contribution in [2.75, 3.05) is 27.3 Å². The van der Waals surface area contributed by atoms with E-state index in [-0.39, 0.29) is 11.9 Å². The number of rotatable bonds is 8. The zero-order valence-electron chi connectivity index (χ0n) is 20.7. The van der Waals surface area contributed by atoms with E-state index < -0.39 is 11.6 Å². The fourth-order valence-electron chi connectivity index (χ4n) is 5.44. The first-order valence-corrected chi connectivity index (χ1v) is 12.3. The molecule has 1 N–H and O–H groups in total.